The van der Waals surface area contributed by atoms with Crippen molar-refractivity contribution < 1.29 is 9.53 Å². The Morgan fingerprint density at radius 3 is 3.11 bits per heavy atom. The van der Waals surface area contributed by atoms with Crippen molar-refractivity contribution in [3.05, 3.63) is 23.8 Å². The highest BCUT2D eigenvalue weighted by molar-refractivity contribution is 5.94. The zero-order valence-corrected chi connectivity index (χ0v) is 11.2. The van der Waals surface area contributed by atoms with E-state index in [9.17, 15) is 4.79 Å². The number of amides is 1. The van der Waals surface area contributed by atoms with Gasteiger partial charge >= 0.3 is 0 Å². The van der Waals surface area contributed by atoms with E-state index in [4.69, 9.17) is 4.74 Å². The largest absolute Gasteiger partial charge is 0.385 e. The van der Waals surface area contributed by atoms with Crippen molar-refractivity contribution in [2.45, 2.75) is 44.8 Å². The minimum Gasteiger partial charge on any atom is -0.385 e. The molecule has 102 valence electrons. The highest BCUT2D eigenvalue weighted by atomic mass is 16.5. The van der Waals surface area contributed by atoms with E-state index >= 15 is 0 Å². The van der Waals surface area contributed by atoms with Crippen LogP contribution in [0.25, 0.3) is 0 Å². The average molecular weight is 260 g/mol. The highest BCUT2D eigenvalue weighted by Crippen LogP contribution is 2.26. The Morgan fingerprint density at radius 2 is 2.32 bits per heavy atom. The van der Waals surface area contributed by atoms with Crippen molar-refractivity contribution in [2.75, 3.05) is 17.2 Å². The average Bonchev–Trinajstić information content (AvgIpc) is 2.85. The fourth-order valence-electron chi connectivity index (χ4n) is 2.76. The number of benzene rings is 1. The third-order valence-corrected chi connectivity index (χ3v) is 3.84. The van der Waals surface area contributed by atoms with Gasteiger partial charge in [0.05, 0.1) is 6.10 Å². The summed E-state index contributed by atoms with van der Waals surface area (Å²) < 4.78 is 5.58. The van der Waals surface area contributed by atoms with Crippen LogP contribution >= 0.6 is 0 Å². The molecule has 0 aliphatic carbocycles. The van der Waals surface area contributed by atoms with Crippen molar-refractivity contribution in [1.29, 1.82) is 0 Å². The molecule has 1 saturated heterocycles. The zero-order chi connectivity index (χ0) is 13.2. The van der Waals surface area contributed by atoms with Gasteiger partial charge < -0.3 is 15.4 Å². The van der Waals surface area contributed by atoms with Crippen molar-refractivity contribution in [3.63, 3.8) is 0 Å². The fourth-order valence-corrected chi connectivity index (χ4v) is 2.76. The van der Waals surface area contributed by atoms with Gasteiger partial charge in [0.1, 0.15) is 6.10 Å². The lowest BCUT2D eigenvalue weighted by atomic mass is 10.0. The molecule has 2 heterocycles. The Hall–Kier alpha value is -1.55. The lowest BCUT2D eigenvalue weighted by molar-refractivity contribution is -0.126. The Morgan fingerprint density at radius 1 is 1.42 bits per heavy atom. The third-order valence-electron chi connectivity index (χ3n) is 3.84. The van der Waals surface area contributed by atoms with Crippen molar-refractivity contribution >= 4 is 17.3 Å². The topological polar surface area (TPSA) is 50.4 Å². The molecule has 0 saturated carbocycles. The van der Waals surface area contributed by atoms with Crippen LogP contribution in [0, 0.1) is 0 Å². The lowest BCUT2D eigenvalue weighted by Gasteiger charge is -2.19. The Labute approximate surface area is 113 Å². The maximum absolute atomic E-state index is 12.1. The fraction of sp³-hybridized carbons (Fsp3) is 0.533. The van der Waals surface area contributed by atoms with Crippen LogP contribution in [0.2, 0.25) is 0 Å². The van der Waals surface area contributed by atoms with Gasteiger partial charge in [-0.15, -0.1) is 0 Å². The molecule has 2 atom stereocenters. The van der Waals surface area contributed by atoms with Gasteiger partial charge in [-0.05, 0) is 50.3 Å². The summed E-state index contributed by atoms with van der Waals surface area (Å²) >= 11 is 0. The molecule has 1 aromatic rings. The number of nitrogens with one attached hydrogen (secondary N) is 2. The van der Waals surface area contributed by atoms with Crippen molar-refractivity contribution in [1.82, 2.24) is 0 Å². The van der Waals surface area contributed by atoms with Gasteiger partial charge in [-0.3, -0.25) is 4.79 Å². The van der Waals surface area contributed by atoms with Gasteiger partial charge in [-0.1, -0.05) is 6.07 Å². The molecule has 0 bridgehead atoms. The standard InChI is InChI=1S/C15H20N2O2/c1-10-4-7-14(19-10)15(18)17-12-6-5-11-3-2-8-16-13(11)9-12/h5-6,9-10,14,16H,2-4,7-8H2,1H3,(H,17,18). The van der Waals surface area contributed by atoms with Crippen LogP contribution in [0.3, 0.4) is 0 Å². The SMILES string of the molecule is CC1CCC(C(=O)Nc2ccc3c(c2)NCCC3)O1. The molecule has 19 heavy (non-hydrogen) atoms. The number of hydrogen-bond acceptors (Lipinski definition) is 3. The number of hydrogen-bond donors (Lipinski definition) is 2. The highest BCUT2D eigenvalue weighted by Gasteiger charge is 2.28. The van der Waals surface area contributed by atoms with E-state index in [1.54, 1.807) is 0 Å². The molecular weight excluding hydrogens is 240 g/mol. The summed E-state index contributed by atoms with van der Waals surface area (Å²) in [6.07, 6.45) is 3.96. The minimum atomic E-state index is -0.293. The monoisotopic (exact) mass is 260 g/mol. The molecule has 0 aromatic heterocycles. The number of anilines is 2. The molecular formula is C15H20N2O2. The van der Waals surface area contributed by atoms with Crippen molar-refractivity contribution in [2.24, 2.45) is 0 Å². The molecule has 2 N–H and O–H groups in total. The Balaban J connectivity index is 1.68. The normalized spacial score (nSPS) is 25.5. The maximum atomic E-state index is 12.1. The molecule has 2 aliphatic rings. The summed E-state index contributed by atoms with van der Waals surface area (Å²) in [6, 6.07) is 6.09. The summed E-state index contributed by atoms with van der Waals surface area (Å²) in [5, 5.41) is 6.32. The number of carbonyl (C=O) groups excluding carboxylic acids is 1. The van der Waals surface area contributed by atoms with E-state index in [1.165, 1.54) is 12.0 Å². The second-order valence-corrected chi connectivity index (χ2v) is 5.40. The van der Waals surface area contributed by atoms with E-state index in [1.807, 2.05) is 19.1 Å². The van der Waals surface area contributed by atoms with Gasteiger partial charge in [0.2, 0.25) is 0 Å². The van der Waals surface area contributed by atoms with Crippen LogP contribution in [0.15, 0.2) is 18.2 Å². The van der Waals surface area contributed by atoms with Gasteiger partial charge in [0.25, 0.3) is 5.91 Å². The lowest BCUT2D eigenvalue weighted by Crippen LogP contribution is -2.27. The summed E-state index contributed by atoms with van der Waals surface area (Å²) in [5.74, 6) is -0.0277. The summed E-state index contributed by atoms with van der Waals surface area (Å²) in [5.41, 5.74) is 3.32. The van der Waals surface area contributed by atoms with E-state index in [0.29, 0.717) is 0 Å². The summed E-state index contributed by atoms with van der Waals surface area (Å²) in [4.78, 5) is 12.1. The second-order valence-electron chi connectivity index (χ2n) is 5.40. The molecule has 0 spiro atoms. The number of rotatable bonds is 2. The molecule has 3 rings (SSSR count). The smallest absolute Gasteiger partial charge is 0.253 e. The minimum absolute atomic E-state index is 0.0277. The second kappa shape index (κ2) is 5.21. The number of aryl methyl sites for hydroxylation is 1. The van der Waals surface area contributed by atoms with Gasteiger partial charge in [0.15, 0.2) is 0 Å². The zero-order valence-electron chi connectivity index (χ0n) is 11.2. The number of fused-ring (bicyclic) bond motifs is 1. The van der Waals surface area contributed by atoms with Gasteiger partial charge in [-0.25, -0.2) is 0 Å². The summed E-state index contributed by atoms with van der Waals surface area (Å²) in [7, 11) is 0. The van der Waals surface area contributed by atoms with E-state index < -0.39 is 0 Å². The van der Waals surface area contributed by atoms with Crippen molar-refractivity contribution in [3.8, 4) is 0 Å². The van der Waals surface area contributed by atoms with E-state index in [0.717, 1.165) is 37.2 Å². The number of carbonyl (C=O) groups is 1. The third kappa shape index (κ3) is 2.73. The first-order chi connectivity index (χ1) is 9.22. The van der Waals surface area contributed by atoms with Crippen LogP contribution in [-0.2, 0) is 16.0 Å². The van der Waals surface area contributed by atoms with E-state index in [-0.39, 0.29) is 18.1 Å². The van der Waals surface area contributed by atoms with Crippen LogP contribution < -0.4 is 10.6 Å². The van der Waals surface area contributed by atoms with Gasteiger partial charge in [0, 0.05) is 17.9 Å². The van der Waals surface area contributed by atoms with Crippen LogP contribution in [0.4, 0.5) is 11.4 Å². The molecule has 1 fully saturated rings. The first-order valence-corrected chi connectivity index (χ1v) is 7.05. The predicted molar refractivity (Wildman–Crippen MR) is 75.5 cm³/mol. The summed E-state index contributed by atoms with van der Waals surface area (Å²) in [6.45, 7) is 3.02. The maximum Gasteiger partial charge on any atom is 0.253 e. The van der Waals surface area contributed by atoms with Crippen LogP contribution in [-0.4, -0.2) is 24.7 Å². The van der Waals surface area contributed by atoms with Crippen LogP contribution in [0.5, 0.6) is 0 Å². The Kier molecular flexibility index (Phi) is 3.42. The molecule has 2 aliphatic heterocycles. The molecule has 0 radical (unpaired) electrons. The number of ether oxygens (including phenoxy) is 1. The quantitative estimate of drug-likeness (QED) is 0.859. The molecule has 1 aromatic carbocycles. The first-order valence-electron chi connectivity index (χ1n) is 7.05. The van der Waals surface area contributed by atoms with Gasteiger partial charge in [-0.2, -0.15) is 0 Å². The predicted octanol–water partition coefficient (Wildman–Crippen LogP) is 2.55. The molecule has 4 heteroatoms. The Bertz CT molecular complexity index is 487. The first kappa shape index (κ1) is 12.5. The van der Waals surface area contributed by atoms with E-state index in [2.05, 4.69) is 16.7 Å². The molecule has 2 unspecified atom stereocenters. The molecule has 4 nitrogen and oxygen atoms in total. The van der Waals surface area contributed by atoms with Crippen LogP contribution in [0.1, 0.15) is 31.7 Å². The molecule has 1 amide bonds.